The maximum absolute atomic E-state index is 15.4. The molecule has 4 aromatic carbocycles. The highest BCUT2D eigenvalue weighted by atomic mass is 32.2. The van der Waals surface area contributed by atoms with E-state index in [4.69, 9.17) is 0 Å². The summed E-state index contributed by atoms with van der Waals surface area (Å²) in [4.78, 5) is 0. The maximum atomic E-state index is 15.4. The number of alkyl halides is 6. The normalized spacial score (nSPS) is 14.8. The van der Waals surface area contributed by atoms with Crippen LogP contribution in [-0.2, 0) is 21.3 Å². The van der Waals surface area contributed by atoms with Gasteiger partial charge in [0.1, 0.15) is 34.8 Å². The van der Waals surface area contributed by atoms with Gasteiger partial charge >= 0.3 is 12.7 Å². The molecule has 0 aliphatic heterocycles. The van der Waals surface area contributed by atoms with Gasteiger partial charge in [-0.2, -0.15) is 0 Å². The van der Waals surface area contributed by atoms with Crippen molar-refractivity contribution >= 4 is 32.1 Å². The number of hydrogen-bond donors (Lipinski definition) is 0. The number of aryl methyl sites for hydroxylation is 2. The zero-order valence-corrected chi connectivity index (χ0v) is 29.5. The minimum atomic E-state index is -4.91. The zero-order chi connectivity index (χ0) is 40.0. The monoisotopic (exact) mass is 794 g/mol. The van der Waals surface area contributed by atoms with Crippen LogP contribution in [0.15, 0.2) is 85.0 Å². The molecule has 15 heteroatoms. The van der Waals surface area contributed by atoms with E-state index in [1.54, 1.807) is 24.3 Å². The Bertz CT molecular complexity index is 2230. The summed E-state index contributed by atoms with van der Waals surface area (Å²) in [5.74, 6) is -8.28. The molecule has 0 N–H and O–H groups in total. The molecule has 0 fully saturated rings. The highest BCUT2D eigenvalue weighted by Gasteiger charge is 2.33. The Morgan fingerprint density at radius 2 is 0.818 bits per heavy atom. The lowest BCUT2D eigenvalue weighted by molar-refractivity contribution is -0.275. The molecule has 4 nitrogen and oxygen atoms in total. The zero-order valence-electron chi connectivity index (χ0n) is 28.7. The molecule has 0 aromatic heterocycles. The molecule has 6 rings (SSSR count). The third-order valence-corrected chi connectivity index (χ3v) is 10.4. The van der Waals surface area contributed by atoms with Crippen LogP contribution >= 0.6 is 0 Å². The molecule has 55 heavy (non-hydrogen) atoms. The largest absolute Gasteiger partial charge is 0.573 e. The van der Waals surface area contributed by atoms with Crippen molar-refractivity contribution in [1.82, 2.24) is 0 Å². The van der Waals surface area contributed by atoms with Crippen LogP contribution in [0.25, 0.3) is 22.3 Å². The van der Waals surface area contributed by atoms with Crippen molar-refractivity contribution in [3.63, 3.8) is 0 Å². The van der Waals surface area contributed by atoms with Gasteiger partial charge in [-0.1, -0.05) is 36.4 Å². The van der Waals surface area contributed by atoms with Crippen LogP contribution in [0.1, 0.15) is 57.3 Å². The first-order valence-electron chi connectivity index (χ1n) is 16.4. The number of allylic oxidation sites excluding steroid dienone is 8. The fourth-order valence-corrected chi connectivity index (χ4v) is 8.05. The summed E-state index contributed by atoms with van der Waals surface area (Å²) in [5, 5.41) is 0. The minimum Gasteiger partial charge on any atom is -0.406 e. The fourth-order valence-electron chi connectivity index (χ4n) is 6.52. The quantitative estimate of drug-likeness (QED) is 0.150. The van der Waals surface area contributed by atoms with E-state index >= 15 is 17.6 Å². The van der Waals surface area contributed by atoms with Gasteiger partial charge in [-0.05, 0) is 131 Å². The van der Waals surface area contributed by atoms with Crippen molar-refractivity contribution in [2.75, 3.05) is 0 Å². The fraction of sp³-hybridized carbons (Fsp3) is 0.200. The Morgan fingerprint density at radius 3 is 1.11 bits per heavy atom. The van der Waals surface area contributed by atoms with E-state index in [0.29, 0.717) is 46.3 Å². The summed E-state index contributed by atoms with van der Waals surface area (Å²) in [7, 11) is -4.59. The molecule has 0 heterocycles. The standard InChI is InChI=1S/C40H28F10O4S/c1-21-13-23(9-11-37(21)53-39(45,46)47)27-5-3-7-29(27)25-15-33(41)31(34(42)16-25)19-55(51,52)20-32-35(43)17-26(18-36(32)44)30-8-4-6-28(30)24-10-12-38(22(2)14-24)54-40(48,49)50/h5-18H,3-4,19-20H2,1-2H3. The van der Waals surface area contributed by atoms with Crippen molar-refractivity contribution < 1.29 is 61.8 Å². The molecule has 4 aromatic rings. The van der Waals surface area contributed by atoms with Crippen LogP contribution < -0.4 is 9.47 Å². The van der Waals surface area contributed by atoms with Crippen molar-refractivity contribution in [3.8, 4) is 11.5 Å². The van der Waals surface area contributed by atoms with Gasteiger partial charge in [-0.15, -0.1) is 26.3 Å². The van der Waals surface area contributed by atoms with Crippen molar-refractivity contribution in [2.45, 2.75) is 50.9 Å². The lowest BCUT2D eigenvalue weighted by Crippen LogP contribution is -2.17. The molecule has 0 unspecified atom stereocenters. The predicted molar refractivity (Wildman–Crippen MR) is 186 cm³/mol. The van der Waals surface area contributed by atoms with Gasteiger partial charge in [0, 0.05) is 11.1 Å². The summed E-state index contributed by atoms with van der Waals surface area (Å²) >= 11 is 0. The van der Waals surface area contributed by atoms with Gasteiger partial charge in [0.25, 0.3) is 0 Å². The van der Waals surface area contributed by atoms with Gasteiger partial charge in [0.05, 0.1) is 11.5 Å². The van der Waals surface area contributed by atoms with Crippen molar-refractivity contribution in [2.24, 2.45) is 0 Å². The van der Waals surface area contributed by atoms with Crippen LogP contribution in [-0.4, -0.2) is 21.1 Å². The van der Waals surface area contributed by atoms with E-state index in [0.717, 1.165) is 36.4 Å². The number of halogens is 10. The van der Waals surface area contributed by atoms with E-state index in [-0.39, 0.29) is 22.3 Å². The summed E-state index contributed by atoms with van der Waals surface area (Å²) in [6.45, 7) is 2.80. The molecule has 0 saturated carbocycles. The third-order valence-electron chi connectivity index (χ3n) is 8.92. The minimum absolute atomic E-state index is 0.0243. The van der Waals surface area contributed by atoms with E-state index in [9.17, 15) is 34.8 Å². The molecule has 0 bridgehead atoms. The van der Waals surface area contributed by atoms with E-state index in [1.165, 1.54) is 38.1 Å². The summed E-state index contributed by atoms with van der Waals surface area (Å²) in [6, 6.07) is 11.4. The van der Waals surface area contributed by atoms with E-state index in [1.807, 2.05) is 0 Å². The van der Waals surface area contributed by atoms with E-state index in [2.05, 4.69) is 9.47 Å². The summed E-state index contributed by atoms with van der Waals surface area (Å²) in [5.41, 5.74) is 1.15. The Hall–Kier alpha value is -5.31. The van der Waals surface area contributed by atoms with Crippen molar-refractivity contribution in [1.29, 1.82) is 0 Å². The molecule has 2 aliphatic carbocycles. The first-order chi connectivity index (χ1) is 25.7. The molecule has 0 spiro atoms. The molecule has 0 amide bonds. The second kappa shape index (κ2) is 14.7. The molecule has 0 atom stereocenters. The molecular weight excluding hydrogens is 766 g/mol. The first kappa shape index (κ1) is 39.4. The molecule has 0 saturated heterocycles. The Morgan fingerprint density at radius 1 is 0.509 bits per heavy atom. The Balaban J connectivity index is 1.18. The van der Waals surface area contributed by atoms with Gasteiger partial charge in [-0.25, -0.2) is 26.0 Å². The van der Waals surface area contributed by atoms with Gasteiger partial charge in [0.15, 0.2) is 9.84 Å². The Labute approximate surface area is 308 Å². The van der Waals surface area contributed by atoms with Crippen LogP contribution in [0.3, 0.4) is 0 Å². The SMILES string of the molecule is Cc1cc(C2=CCC=C2c2cc(F)c(CS(=O)(=O)Cc3c(F)cc(C4=CCC=C4c4ccc(OC(F)(F)F)c(C)c4)cc3F)c(F)c2)ccc1OC(F)(F)F. The molecule has 288 valence electrons. The predicted octanol–water partition coefficient (Wildman–Crippen LogP) is 11.5. The number of hydrogen-bond acceptors (Lipinski definition) is 4. The summed E-state index contributed by atoms with van der Waals surface area (Å²) < 4.78 is 172. The van der Waals surface area contributed by atoms with Crippen LogP contribution in [0.2, 0.25) is 0 Å². The molecular formula is C40H28F10O4S. The number of ether oxygens (including phenoxy) is 2. The smallest absolute Gasteiger partial charge is 0.406 e. The average Bonchev–Trinajstić information content (AvgIpc) is 3.76. The average molecular weight is 795 g/mol. The first-order valence-corrected chi connectivity index (χ1v) is 18.2. The molecule has 0 radical (unpaired) electrons. The van der Waals surface area contributed by atoms with Crippen molar-refractivity contribution in [3.05, 3.63) is 153 Å². The maximum Gasteiger partial charge on any atom is 0.573 e. The lowest BCUT2D eigenvalue weighted by Gasteiger charge is -2.16. The highest BCUT2D eigenvalue weighted by Crippen LogP contribution is 2.41. The van der Waals surface area contributed by atoms with Gasteiger partial charge in [0.2, 0.25) is 0 Å². The van der Waals surface area contributed by atoms with E-state index < -0.39 is 80.0 Å². The number of rotatable bonds is 10. The van der Waals surface area contributed by atoms with Gasteiger partial charge in [-0.3, -0.25) is 0 Å². The van der Waals surface area contributed by atoms with Crippen LogP contribution in [0.5, 0.6) is 11.5 Å². The van der Waals surface area contributed by atoms with Crippen LogP contribution in [0, 0.1) is 37.1 Å². The lowest BCUT2D eigenvalue weighted by atomic mass is 9.93. The summed E-state index contributed by atoms with van der Waals surface area (Å²) in [6.07, 6.45) is -2.47. The topological polar surface area (TPSA) is 52.6 Å². The second-order valence-corrected chi connectivity index (χ2v) is 14.9. The second-order valence-electron chi connectivity index (χ2n) is 12.9. The van der Waals surface area contributed by atoms with Gasteiger partial charge < -0.3 is 9.47 Å². The third kappa shape index (κ3) is 8.98. The highest BCUT2D eigenvalue weighted by molar-refractivity contribution is 7.89. The Kier molecular flexibility index (Phi) is 10.6. The van der Waals surface area contributed by atoms with Crippen LogP contribution in [0.4, 0.5) is 43.9 Å². The number of benzene rings is 4. The molecule has 2 aliphatic rings. The number of sulfone groups is 1.